The molecule has 4 nitrogen and oxygen atoms in total. The Hall–Kier alpha value is -2.66. The zero-order chi connectivity index (χ0) is 18.8. The van der Waals surface area contributed by atoms with E-state index in [0.29, 0.717) is 5.92 Å². The highest BCUT2D eigenvalue weighted by molar-refractivity contribution is 7.80. The topological polar surface area (TPSA) is 33.1 Å². The van der Waals surface area contributed by atoms with Crippen LogP contribution in [0.15, 0.2) is 73.2 Å². The van der Waals surface area contributed by atoms with Gasteiger partial charge in [-0.25, -0.2) is 0 Å². The molecule has 0 aliphatic carbocycles. The summed E-state index contributed by atoms with van der Waals surface area (Å²) in [5.74, 6) is 0.519. The summed E-state index contributed by atoms with van der Waals surface area (Å²) in [5.41, 5.74) is 3.41. The van der Waals surface area contributed by atoms with Crippen LogP contribution in [0.3, 0.4) is 0 Å². The average Bonchev–Trinajstić information content (AvgIpc) is 3.28. The Bertz CT molecular complexity index is 904. The summed E-state index contributed by atoms with van der Waals surface area (Å²) in [5, 5.41) is 4.31. The third-order valence-electron chi connectivity index (χ3n) is 4.87. The lowest BCUT2D eigenvalue weighted by molar-refractivity contribution is 0.288. The molecule has 2 unspecified atom stereocenters. The molecule has 1 aliphatic heterocycles. The number of pyridine rings is 1. The van der Waals surface area contributed by atoms with Gasteiger partial charge in [-0.2, -0.15) is 0 Å². The van der Waals surface area contributed by atoms with Gasteiger partial charge in [0, 0.05) is 30.8 Å². The van der Waals surface area contributed by atoms with Crippen LogP contribution in [0.1, 0.15) is 37.2 Å². The van der Waals surface area contributed by atoms with Crippen molar-refractivity contribution in [1.82, 2.24) is 19.8 Å². The lowest BCUT2D eigenvalue weighted by Gasteiger charge is -2.28. The van der Waals surface area contributed by atoms with Crippen LogP contribution < -0.4 is 5.32 Å². The first-order valence-corrected chi connectivity index (χ1v) is 9.75. The standard InChI is InChI=1S/C22H24N4S/c1-16(2)14-26-21(20(24-22(26)27)19-10-6-7-12-23-19)17-11-13-25(15-17)18-8-4-3-5-9-18/h3-13,15-16,20-21H,14H2,1-2H3,(H,24,27). The Morgan fingerprint density at radius 1 is 1.07 bits per heavy atom. The highest BCUT2D eigenvalue weighted by Crippen LogP contribution is 2.39. The van der Waals surface area contributed by atoms with Crippen molar-refractivity contribution in [2.75, 3.05) is 6.54 Å². The van der Waals surface area contributed by atoms with Crippen molar-refractivity contribution in [3.63, 3.8) is 0 Å². The van der Waals surface area contributed by atoms with Crippen LogP contribution in [-0.4, -0.2) is 26.1 Å². The largest absolute Gasteiger partial charge is 0.352 e. The van der Waals surface area contributed by atoms with Crippen molar-refractivity contribution in [1.29, 1.82) is 0 Å². The highest BCUT2D eigenvalue weighted by atomic mass is 32.1. The number of thiocarbonyl (C=S) groups is 1. The van der Waals surface area contributed by atoms with Gasteiger partial charge in [0.15, 0.2) is 5.11 Å². The summed E-state index contributed by atoms with van der Waals surface area (Å²) < 4.78 is 2.17. The number of para-hydroxylation sites is 1. The van der Waals surface area contributed by atoms with E-state index in [1.54, 1.807) is 0 Å². The number of nitrogens with one attached hydrogen (secondary N) is 1. The molecule has 1 aromatic carbocycles. The van der Waals surface area contributed by atoms with Gasteiger partial charge in [-0.3, -0.25) is 4.98 Å². The van der Waals surface area contributed by atoms with Gasteiger partial charge in [-0.1, -0.05) is 38.1 Å². The van der Waals surface area contributed by atoms with Crippen LogP contribution in [0.25, 0.3) is 5.69 Å². The third kappa shape index (κ3) is 3.60. The molecule has 2 aromatic heterocycles. The number of aromatic nitrogens is 2. The molecule has 0 amide bonds. The molecule has 1 aliphatic rings. The first kappa shape index (κ1) is 17.7. The van der Waals surface area contributed by atoms with E-state index < -0.39 is 0 Å². The molecular weight excluding hydrogens is 352 g/mol. The molecule has 3 heterocycles. The quantitative estimate of drug-likeness (QED) is 0.665. The number of hydrogen-bond acceptors (Lipinski definition) is 2. The van der Waals surface area contributed by atoms with Crippen molar-refractivity contribution in [3.8, 4) is 5.69 Å². The van der Waals surface area contributed by atoms with Gasteiger partial charge in [-0.15, -0.1) is 0 Å². The normalized spacial score (nSPS) is 19.5. The van der Waals surface area contributed by atoms with Gasteiger partial charge < -0.3 is 14.8 Å². The third-order valence-corrected chi connectivity index (χ3v) is 5.22. The zero-order valence-electron chi connectivity index (χ0n) is 15.6. The smallest absolute Gasteiger partial charge is 0.170 e. The molecule has 5 heteroatoms. The molecule has 138 valence electrons. The Kier molecular flexibility index (Phi) is 4.94. The van der Waals surface area contributed by atoms with Gasteiger partial charge in [-0.05, 0) is 54.0 Å². The maximum absolute atomic E-state index is 5.69. The minimum atomic E-state index is 0.0454. The number of nitrogens with zero attached hydrogens (tertiary/aromatic N) is 3. The maximum Gasteiger partial charge on any atom is 0.170 e. The number of hydrogen-bond donors (Lipinski definition) is 1. The van der Waals surface area contributed by atoms with Crippen molar-refractivity contribution in [2.24, 2.45) is 5.92 Å². The monoisotopic (exact) mass is 376 g/mol. The Morgan fingerprint density at radius 2 is 1.85 bits per heavy atom. The molecule has 0 spiro atoms. The molecule has 2 atom stereocenters. The SMILES string of the molecule is CC(C)CN1C(=S)NC(c2ccccn2)C1c1ccn(-c2ccccc2)c1. The summed E-state index contributed by atoms with van der Waals surface area (Å²) in [6, 6.07) is 18.8. The fourth-order valence-corrected chi connectivity index (χ4v) is 4.02. The second-order valence-electron chi connectivity index (χ2n) is 7.36. The van der Waals surface area contributed by atoms with Crippen LogP contribution in [0, 0.1) is 5.92 Å². The number of benzene rings is 1. The van der Waals surface area contributed by atoms with E-state index in [0.717, 1.165) is 23.0 Å². The molecule has 0 radical (unpaired) electrons. The van der Waals surface area contributed by atoms with E-state index in [1.807, 2.05) is 24.4 Å². The van der Waals surface area contributed by atoms with E-state index >= 15 is 0 Å². The Morgan fingerprint density at radius 3 is 2.56 bits per heavy atom. The minimum absolute atomic E-state index is 0.0454. The summed E-state index contributed by atoms with van der Waals surface area (Å²) in [6.07, 6.45) is 6.17. The molecular formula is C22H24N4S. The van der Waals surface area contributed by atoms with Crippen LogP contribution >= 0.6 is 12.2 Å². The lowest BCUT2D eigenvalue weighted by Crippen LogP contribution is -2.32. The van der Waals surface area contributed by atoms with Crippen LogP contribution in [0.4, 0.5) is 0 Å². The van der Waals surface area contributed by atoms with Gasteiger partial charge in [0.2, 0.25) is 0 Å². The van der Waals surface area contributed by atoms with E-state index in [4.69, 9.17) is 12.2 Å². The van der Waals surface area contributed by atoms with Gasteiger partial charge in [0.05, 0.1) is 17.8 Å². The Balaban J connectivity index is 1.73. The maximum atomic E-state index is 5.69. The first-order chi connectivity index (χ1) is 13.1. The predicted octanol–water partition coefficient (Wildman–Crippen LogP) is 4.50. The summed E-state index contributed by atoms with van der Waals surface area (Å²) in [6.45, 7) is 5.36. The summed E-state index contributed by atoms with van der Waals surface area (Å²) in [4.78, 5) is 6.90. The van der Waals surface area contributed by atoms with Crippen molar-refractivity contribution in [3.05, 3.63) is 84.4 Å². The van der Waals surface area contributed by atoms with Gasteiger partial charge >= 0.3 is 0 Å². The fourth-order valence-electron chi connectivity index (χ4n) is 3.71. The molecule has 1 N–H and O–H groups in total. The van der Waals surface area contributed by atoms with Crippen LogP contribution in [0.5, 0.6) is 0 Å². The number of rotatable bonds is 5. The molecule has 4 rings (SSSR count). The first-order valence-electron chi connectivity index (χ1n) is 9.35. The molecule has 27 heavy (non-hydrogen) atoms. The Labute approximate surface area is 165 Å². The van der Waals surface area contributed by atoms with E-state index in [1.165, 1.54) is 5.56 Å². The second-order valence-corrected chi connectivity index (χ2v) is 7.75. The van der Waals surface area contributed by atoms with Crippen molar-refractivity contribution >= 4 is 17.3 Å². The zero-order valence-corrected chi connectivity index (χ0v) is 16.4. The van der Waals surface area contributed by atoms with Crippen LogP contribution in [0.2, 0.25) is 0 Å². The molecule has 1 fully saturated rings. The predicted molar refractivity (Wildman–Crippen MR) is 113 cm³/mol. The minimum Gasteiger partial charge on any atom is -0.352 e. The summed E-state index contributed by atoms with van der Waals surface area (Å²) in [7, 11) is 0. The van der Waals surface area contributed by atoms with Gasteiger partial charge in [0.25, 0.3) is 0 Å². The van der Waals surface area contributed by atoms with E-state index in [-0.39, 0.29) is 12.1 Å². The van der Waals surface area contributed by atoms with Crippen molar-refractivity contribution in [2.45, 2.75) is 25.9 Å². The molecule has 0 bridgehead atoms. The second kappa shape index (κ2) is 7.53. The molecule has 1 saturated heterocycles. The fraction of sp³-hybridized carbons (Fsp3) is 0.273. The van der Waals surface area contributed by atoms with E-state index in [2.05, 4.69) is 82.4 Å². The van der Waals surface area contributed by atoms with Gasteiger partial charge in [0.1, 0.15) is 0 Å². The van der Waals surface area contributed by atoms with Crippen LogP contribution in [-0.2, 0) is 0 Å². The summed E-state index contributed by atoms with van der Waals surface area (Å²) >= 11 is 5.69. The van der Waals surface area contributed by atoms with Crippen molar-refractivity contribution < 1.29 is 0 Å². The lowest BCUT2D eigenvalue weighted by atomic mass is 9.98. The molecule has 3 aromatic rings. The average molecular weight is 377 g/mol. The highest BCUT2D eigenvalue weighted by Gasteiger charge is 2.40. The van der Waals surface area contributed by atoms with E-state index in [9.17, 15) is 0 Å². The molecule has 0 saturated carbocycles.